The van der Waals surface area contributed by atoms with Gasteiger partial charge in [-0.25, -0.2) is 4.79 Å². The van der Waals surface area contributed by atoms with E-state index < -0.39 is 0 Å². The van der Waals surface area contributed by atoms with E-state index in [1.165, 1.54) is 0 Å². The minimum absolute atomic E-state index is 0.290. The monoisotopic (exact) mass is 186 g/mol. The summed E-state index contributed by atoms with van der Waals surface area (Å²) >= 11 is 0. The van der Waals surface area contributed by atoms with Crippen LogP contribution in [0.4, 0.5) is 0 Å². The summed E-state index contributed by atoms with van der Waals surface area (Å²) in [6, 6.07) is 0. The second-order valence-corrected chi connectivity index (χ2v) is 2.70. The minimum atomic E-state index is -0.290. The maximum Gasteiger partial charge on any atom is 0.342 e. The highest BCUT2D eigenvalue weighted by atomic mass is 17.2. The summed E-state index contributed by atoms with van der Waals surface area (Å²) in [5.41, 5.74) is 0. The molecule has 76 valence electrons. The van der Waals surface area contributed by atoms with Crippen LogP contribution in [-0.4, -0.2) is 12.6 Å². The summed E-state index contributed by atoms with van der Waals surface area (Å²) in [5, 5.41) is 0. The molecule has 0 saturated carbocycles. The molecule has 0 aromatic rings. The summed E-state index contributed by atoms with van der Waals surface area (Å²) in [5.74, 6) is -0.290. The molecule has 0 rings (SSSR count). The maximum absolute atomic E-state index is 10.8. The van der Waals surface area contributed by atoms with Gasteiger partial charge in [0.25, 0.3) is 0 Å². The molecule has 0 unspecified atom stereocenters. The molecule has 3 heteroatoms. The van der Waals surface area contributed by atoms with Gasteiger partial charge in [-0.05, 0) is 19.3 Å². The van der Waals surface area contributed by atoms with Crippen LogP contribution in [0.15, 0.2) is 12.2 Å². The summed E-state index contributed by atoms with van der Waals surface area (Å²) in [6.45, 7) is 4.43. The largest absolute Gasteiger partial charge is 0.342 e. The van der Waals surface area contributed by atoms with Crippen molar-refractivity contribution < 1.29 is 14.6 Å². The fraction of sp³-hybridized carbons (Fsp3) is 0.700. The van der Waals surface area contributed by atoms with E-state index in [9.17, 15) is 4.79 Å². The van der Waals surface area contributed by atoms with Crippen LogP contribution < -0.4 is 0 Å². The summed E-state index contributed by atoms with van der Waals surface area (Å²) in [7, 11) is 0. The van der Waals surface area contributed by atoms with Crippen molar-refractivity contribution in [1.82, 2.24) is 0 Å². The van der Waals surface area contributed by atoms with Crippen LogP contribution in [0.1, 0.15) is 39.5 Å². The quantitative estimate of drug-likeness (QED) is 0.265. The lowest BCUT2D eigenvalue weighted by molar-refractivity contribution is -0.271. The van der Waals surface area contributed by atoms with Gasteiger partial charge in [-0.15, -0.1) is 0 Å². The van der Waals surface area contributed by atoms with E-state index >= 15 is 0 Å². The minimum Gasteiger partial charge on any atom is -0.298 e. The number of hydrogen-bond acceptors (Lipinski definition) is 3. The molecule has 0 atom stereocenters. The van der Waals surface area contributed by atoms with E-state index in [1.54, 1.807) is 0 Å². The second-order valence-electron chi connectivity index (χ2n) is 2.70. The lowest BCUT2D eigenvalue weighted by Gasteiger charge is -2.00. The molecular formula is C10H18O3. The fourth-order valence-corrected chi connectivity index (χ4v) is 0.754. The molecule has 0 amide bonds. The number of allylic oxidation sites excluding steroid dienone is 1. The third-order valence-corrected chi connectivity index (χ3v) is 1.38. The van der Waals surface area contributed by atoms with E-state index in [4.69, 9.17) is 4.89 Å². The molecule has 0 aliphatic carbocycles. The highest BCUT2D eigenvalue weighted by molar-refractivity contribution is 5.68. The molecule has 0 aliphatic rings. The van der Waals surface area contributed by atoms with Crippen LogP contribution in [0.2, 0.25) is 0 Å². The van der Waals surface area contributed by atoms with Gasteiger partial charge in [0.2, 0.25) is 0 Å². The first-order valence-electron chi connectivity index (χ1n) is 4.78. The van der Waals surface area contributed by atoms with E-state index in [0.717, 1.165) is 19.3 Å². The number of carbonyl (C=O) groups excluding carboxylic acids is 1. The standard InChI is InChI=1S/C10H18O3/c1-3-5-6-7-9-12-13-10(11)8-4-2/h5-6H,3-4,7-9H2,1-2H3/b6-5-. The van der Waals surface area contributed by atoms with Crippen LogP contribution in [0, 0.1) is 0 Å². The first-order valence-corrected chi connectivity index (χ1v) is 4.78. The van der Waals surface area contributed by atoms with Gasteiger partial charge < -0.3 is 0 Å². The summed E-state index contributed by atoms with van der Waals surface area (Å²) < 4.78 is 0. The van der Waals surface area contributed by atoms with Crippen LogP contribution in [0.25, 0.3) is 0 Å². The third kappa shape index (κ3) is 9.08. The van der Waals surface area contributed by atoms with E-state index in [-0.39, 0.29) is 5.97 Å². The van der Waals surface area contributed by atoms with E-state index in [2.05, 4.69) is 17.9 Å². The number of hydrogen-bond donors (Lipinski definition) is 0. The molecule has 0 bridgehead atoms. The molecule has 0 fully saturated rings. The Bertz CT molecular complexity index is 152. The summed E-state index contributed by atoms with van der Waals surface area (Å²) in [6.07, 6.45) is 7.08. The predicted molar refractivity (Wildman–Crippen MR) is 51.0 cm³/mol. The zero-order valence-corrected chi connectivity index (χ0v) is 8.41. The lowest BCUT2D eigenvalue weighted by Crippen LogP contribution is -2.05. The molecule has 0 heterocycles. The van der Waals surface area contributed by atoms with Crippen LogP contribution in [0.3, 0.4) is 0 Å². The first kappa shape index (κ1) is 12.2. The van der Waals surface area contributed by atoms with Crippen molar-refractivity contribution >= 4 is 5.97 Å². The van der Waals surface area contributed by atoms with Crippen molar-refractivity contribution in [3.05, 3.63) is 12.2 Å². The molecule has 0 radical (unpaired) electrons. The number of carbonyl (C=O) groups is 1. The van der Waals surface area contributed by atoms with Crippen molar-refractivity contribution in [3.8, 4) is 0 Å². The Morgan fingerprint density at radius 1 is 1.31 bits per heavy atom. The van der Waals surface area contributed by atoms with Crippen LogP contribution >= 0.6 is 0 Å². The zero-order chi connectivity index (χ0) is 9.94. The third-order valence-electron chi connectivity index (χ3n) is 1.38. The van der Waals surface area contributed by atoms with Crippen molar-refractivity contribution in [3.63, 3.8) is 0 Å². The highest BCUT2D eigenvalue weighted by Crippen LogP contribution is 1.93. The molecule has 0 spiro atoms. The average Bonchev–Trinajstić information content (AvgIpc) is 2.11. The van der Waals surface area contributed by atoms with Crippen molar-refractivity contribution in [2.75, 3.05) is 6.61 Å². The Morgan fingerprint density at radius 3 is 2.69 bits per heavy atom. The van der Waals surface area contributed by atoms with Crippen LogP contribution in [0.5, 0.6) is 0 Å². The average molecular weight is 186 g/mol. The SMILES string of the molecule is CC/C=C\CCOOC(=O)CCC. The Hall–Kier alpha value is -0.830. The Morgan fingerprint density at radius 2 is 2.08 bits per heavy atom. The van der Waals surface area contributed by atoms with Gasteiger partial charge in [0.15, 0.2) is 0 Å². The molecule has 13 heavy (non-hydrogen) atoms. The normalized spacial score (nSPS) is 10.6. The van der Waals surface area contributed by atoms with Crippen molar-refractivity contribution in [2.24, 2.45) is 0 Å². The number of rotatable bonds is 7. The van der Waals surface area contributed by atoms with Crippen molar-refractivity contribution in [2.45, 2.75) is 39.5 Å². The van der Waals surface area contributed by atoms with Gasteiger partial charge in [0.05, 0.1) is 6.61 Å². The Balaban J connectivity index is 3.15. The Kier molecular flexibility index (Phi) is 8.67. The second kappa shape index (κ2) is 9.26. The highest BCUT2D eigenvalue weighted by Gasteiger charge is 1.99. The van der Waals surface area contributed by atoms with Gasteiger partial charge >= 0.3 is 5.97 Å². The van der Waals surface area contributed by atoms with Crippen LogP contribution in [-0.2, 0) is 14.6 Å². The smallest absolute Gasteiger partial charge is 0.298 e. The lowest BCUT2D eigenvalue weighted by atomic mass is 10.3. The summed E-state index contributed by atoms with van der Waals surface area (Å²) in [4.78, 5) is 20.0. The molecule has 0 saturated heterocycles. The molecular weight excluding hydrogens is 168 g/mol. The Labute approximate surface area is 79.7 Å². The molecule has 0 aliphatic heterocycles. The van der Waals surface area contributed by atoms with Gasteiger partial charge in [0, 0.05) is 6.42 Å². The van der Waals surface area contributed by atoms with E-state index in [1.807, 2.05) is 13.0 Å². The zero-order valence-electron chi connectivity index (χ0n) is 8.41. The van der Waals surface area contributed by atoms with E-state index in [0.29, 0.717) is 13.0 Å². The fourth-order valence-electron chi connectivity index (χ4n) is 0.754. The maximum atomic E-state index is 10.8. The predicted octanol–water partition coefficient (Wildman–Crippen LogP) is 2.62. The molecule has 3 nitrogen and oxygen atoms in total. The topological polar surface area (TPSA) is 35.5 Å². The molecule has 0 aromatic carbocycles. The van der Waals surface area contributed by atoms with Gasteiger partial charge in [-0.3, -0.25) is 4.89 Å². The van der Waals surface area contributed by atoms with Gasteiger partial charge in [-0.2, -0.15) is 4.89 Å². The van der Waals surface area contributed by atoms with Crippen molar-refractivity contribution in [1.29, 1.82) is 0 Å². The van der Waals surface area contributed by atoms with Gasteiger partial charge in [0.1, 0.15) is 0 Å². The molecule has 0 N–H and O–H groups in total. The first-order chi connectivity index (χ1) is 6.31. The van der Waals surface area contributed by atoms with Gasteiger partial charge in [-0.1, -0.05) is 26.0 Å². The molecule has 0 aromatic heterocycles.